The Bertz CT molecular complexity index is 534. The Balaban J connectivity index is 2.00. The molecular weight excluding hydrogens is 224 g/mol. The highest BCUT2D eigenvalue weighted by Crippen LogP contribution is 2.33. The van der Waals surface area contributed by atoms with Crippen molar-refractivity contribution in [1.82, 2.24) is 4.90 Å². The molecule has 18 heavy (non-hydrogen) atoms. The summed E-state index contributed by atoms with van der Waals surface area (Å²) in [5, 5.41) is 1.20. The fraction of sp³-hybridized carbons (Fsp3) is 0.467. The summed E-state index contributed by atoms with van der Waals surface area (Å²) in [6.07, 6.45) is 4.42. The highest BCUT2D eigenvalue weighted by molar-refractivity contribution is 5.81. The van der Waals surface area contributed by atoms with Crippen molar-refractivity contribution >= 4 is 11.0 Å². The minimum Gasteiger partial charge on any atom is -0.464 e. The van der Waals surface area contributed by atoms with Gasteiger partial charge in [-0.15, -0.1) is 0 Å². The summed E-state index contributed by atoms with van der Waals surface area (Å²) < 4.78 is 5.64. The van der Waals surface area contributed by atoms with Crippen LogP contribution < -0.4 is 5.73 Å². The SMILES string of the molecule is CC1CCCN1C(CN)c1coc2ccccc12. The van der Waals surface area contributed by atoms with E-state index in [-0.39, 0.29) is 6.04 Å². The number of hydrogen-bond acceptors (Lipinski definition) is 3. The van der Waals surface area contributed by atoms with Gasteiger partial charge < -0.3 is 10.2 Å². The molecule has 1 aliphatic heterocycles. The fourth-order valence-electron chi connectivity index (χ4n) is 3.12. The second-order valence-electron chi connectivity index (χ2n) is 5.17. The number of hydrogen-bond donors (Lipinski definition) is 1. The first-order valence-electron chi connectivity index (χ1n) is 6.73. The summed E-state index contributed by atoms with van der Waals surface area (Å²) in [4.78, 5) is 2.51. The van der Waals surface area contributed by atoms with E-state index in [0.29, 0.717) is 12.6 Å². The standard InChI is InChI=1S/C15H20N2O/c1-11-5-4-8-17(11)14(9-16)13-10-18-15-7-3-2-6-12(13)15/h2-3,6-7,10-11,14H,4-5,8-9,16H2,1H3. The number of likely N-dealkylation sites (tertiary alicyclic amines) is 1. The molecule has 1 saturated heterocycles. The molecule has 1 aliphatic rings. The zero-order valence-corrected chi connectivity index (χ0v) is 10.8. The predicted octanol–water partition coefficient (Wildman–Crippen LogP) is 2.92. The molecule has 2 N–H and O–H groups in total. The molecule has 0 bridgehead atoms. The van der Waals surface area contributed by atoms with Crippen LogP contribution in [0, 0.1) is 0 Å². The minimum atomic E-state index is 0.283. The highest BCUT2D eigenvalue weighted by atomic mass is 16.3. The third kappa shape index (κ3) is 1.84. The van der Waals surface area contributed by atoms with Crippen molar-refractivity contribution in [2.45, 2.75) is 31.8 Å². The molecule has 1 aromatic carbocycles. The molecule has 2 aromatic rings. The Morgan fingerprint density at radius 2 is 2.28 bits per heavy atom. The molecule has 96 valence electrons. The van der Waals surface area contributed by atoms with Crippen molar-refractivity contribution in [2.24, 2.45) is 5.73 Å². The number of benzene rings is 1. The third-order valence-corrected chi connectivity index (χ3v) is 4.10. The van der Waals surface area contributed by atoms with Crippen molar-refractivity contribution in [2.75, 3.05) is 13.1 Å². The molecular formula is C15H20N2O. The summed E-state index contributed by atoms with van der Waals surface area (Å²) in [6, 6.07) is 9.10. The van der Waals surface area contributed by atoms with Gasteiger partial charge in [-0.2, -0.15) is 0 Å². The fourth-order valence-corrected chi connectivity index (χ4v) is 3.12. The van der Waals surface area contributed by atoms with E-state index in [4.69, 9.17) is 10.2 Å². The second kappa shape index (κ2) is 4.75. The molecule has 2 atom stereocenters. The molecule has 3 heteroatoms. The summed E-state index contributed by atoms with van der Waals surface area (Å²) in [5.41, 5.74) is 8.21. The molecule has 3 rings (SSSR count). The van der Waals surface area contributed by atoms with Crippen LogP contribution in [0.2, 0.25) is 0 Å². The van der Waals surface area contributed by atoms with Gasteiger partial charge in [-0.1, -0.05) is 18.2 Å². The molecule has 2 heterocycles. The quantitative estimate of drug-likeness (QED) is 0.902. The minimum absolute atomic E-state index is 0.283. The smallest absolute Gasteiger partial charge is 0.134 e. The van der Waals surface area contributed by atoms with Gasteiger partial charge in [0.25, 0.3) is 0 Å². The largest absolute Gasteiger partial charge is 0.464 e. The average molecular weight is 244 g/mol. The number of rotatable bonds is 3. The van der Waals surface area contributed by atoms with E-state index < -0.39 is 0 Å². The average Bonchev–Trinajstić information content (AvgIpc) is 2.99. The number of fused-ring (bicyclic) bond motifs is 1. The van der Waals surface area contributed by atoms with Crippen LogP contribution in [0.15, 0.2) is 34.9 Å². The Morgan fingerprint density at radius 3 is 3.00 bits per heavy atom. The Labute approximate surface area is 108 Å². The van der Waals surface area contributed by atoms with Gasteiger partial charge in [0.05, 0.1) is 12.3 Å². The zero-order chi connectivity index (χ0) is 12.5. The summed E-state index contributed by atoms with van der Waals surface area (Å²) in [5.74, 6) is 0. The van der Waals surface area contributed by atoms with Gasteiger partial charge in [0.15, 0.2) is 0 Å². The lowest BCUT2D eigenvalue weighted by molar-refractivity contribution is 0.196. The van der Waals surface area contributed by atoms with Gasteiger partial charge in [0.1, 0.15) is 5.58 Å². The van der Waals surface area contributed by atoms with E-state index in [9.17, 15) is 0 Å². The van der Waals surface area contributed by atoms with Gasteiger partial charge >= 0.3 is 0 Å². The van der Waals surface area contributed by atoms with E-state index in [1.54, 1.807) is 0 Å². The lowest BCUT2D eigenvalue weighted by Gasteiger charge is -2.30. The van der Waals surface area contributed by atoms with Gasteiger partial charge in [0.2, 0.25) is 0 Å². The molecule has 0 spiro atoms. The molecule has 1 aromatic heterocycles. The lowest BCUT2D eigenvalue weighted by atomic mass is 10.0. The van der Waals surface area contributed by atoms with Gasteiger partial charge in [-0.25, -0.2) is 0 Å². The molecule has 2 unspecified atom stereocenters. The molecule has 3 nitrogen and oxygen atoms in total. The topological polar surface area (TPSA) is 42.4 Å². The molecule has 0 aliphatic carbocycles. The number of para-hydroxylation sites is 1. The first kappa shape index (κ1) is 11.8. The predicted molar refractivity (Wildman–Crippen MR) is 73.4 cm³/mol. The van der Waals surface area contributed by atoms with Crippen LogP contribution >= 0.6 is 0 Å². The van der Waals surface area contributed by atoms with E-state index >= 15 is 0 Å². The second-order valence-corrected chi connectivity index (χ2v) is 5.17. The Morgan fingerprint density at radius 1 is 1.44 bits per heavy atom. The maximum atomic E-state index is 6.01. The van der Waals surface area contributed by atoms with E-state index in [1.165, 1.54) is 23.8 Å². The number of furan rings is 1. The van der Waals surface area contributed by atoms with Crippen molar-refractivity contribution in [3.05, 3.63) is 36.1 Å². The number of nitrogens with zero attached hydrogens (tertiary/aromatic N) is 1. The summed E-state index contributed by atoms with van der Waals surface area (Å²) >= 11 is 0. The van der Waals surface area contributed by atoms with Crippen LogP contribution in [-0.2, 0) is 0 Å². The maximum absolute atomic E-state index is 6.01. The van der Waals surface area contributed by atoms with E-state index in [0.717, 1.165) is 12.1 Å². The Kier molecular flexibility index (Phi) is 3.10. The first-order valence-corrected chi connectivity index (χ1v) is 6.73. The van der Waals surface area contributed by atoms with Crippen LogP contribution in [0.5, 0.6) is 0 Å². The first-order chi connectivity index (χ1) is 8.81. The third-order valence-electron chi connectivity index (χ3n) is 4.10. The van der Waals surface area contributed by atoms with Crippen molar-refractivity contribution < 1.29 is 4.42 Å². The van der Waals surface area contributed by atoms with Gasteiger partial charge in [-0.05, 0) is 32.4 Å². The van der Waals surface area contributed by atoms with Crippen LogP contribution in [0.4, 0.5) is 0 Å². The molecule has 0 saturated carbocycles. The maximum Gasteiger partial charge on any atom is 0.134 e. The van der Waals surface area contributed by atoms with Gasteiger partial charge in [-0.3, -0.25) is 4.90 Å². The normalized spacial score (nSPS) is 22.7. The van der Waals surface area contributed by atoms with E-state index in [1.807, 2.05) is 18.4 Å². The van der Waals surface area contributed by atoms with Crippen molar-refractivity contribution in [1.29, 1.82) is 0 Å². The summed E-state index contributed by atoms with van der Waals surface area (Å²) in [7, 11) is 0. The molecule has 0 radical (unpaired) electrons. The zero-order valence-electron chi connectivity index (χ0n) is 10.8. The van der Waals surface area contributed by atoms with Crippen LogP contribution in [0.3, 0.4) is 0 Å². The number of nitrogens with two attached hydrogens (primary N) is 1. The lowest BCUT2D eigenvalue weighted by Crippen LogP contribution is -2.35. The monoisotopic (exact) mass is 244 g/mol. The van der Waals surface area contributed by atoms with Crippen LogP contribution in [0.1, 0.15) is 31.4 Å². The van der Waals surface area contributed by atoms with Crippen molar-refractivity contribution in [3.8, 4) is 0 Å². The van der Waals surface area contributed by atoms with E-state index in [2.05, 4.69) is 24.0 Å². The van der Waals surface area contributed by atoms with Crippen LogP contribution in [0.25, 0.3) is 11.0 Å². The summed E-state index contributed by atoms with van der Waals surface area (Å²) in [6.45, 7) is 4.08. The van der Waals surface area contributed by atoms with Crippen molar-refractivity contribution in [3.63, 3.8) is 0 Å². The van der Waals surface area contributed by atoms with Gasteiger partial charge in [0, 0.05) is 23.5 Å². The molecule has 0 amide bonds. The van der Waals surface area contributed by atoms with Crippen LogP contribution in [-0.4, -0.2) is 24.0 Å². The Hall–Kier alpha value is -1.32. The highest BCUT2D eigenvalue weighted by Gasteiger charge is 2.29. The molecule has 1 fully saturated rings.